The summed E-state index contributed by atoms with van der Waals surface area (Å²) < 4.78 is 6.00. The Balaban J connectivity index is 0.000000172. The van der Waals surface area contributed by atoms with Gasteiger partial charge >= 0.3 is 20.1 Å². The summed E-state index contributed by atoms with van der Waals surface area (Å²) in [7, 11) is 2.06. The number of benzene rings is 5. The molecule has 0 bridgehead atoms. The molecule has 2 aliphatic heterocycles. The van der Waals surface area contributed by atoms with Crippen LogP contribution in [0, 0.1) is 30.9 Å². The van der Waals surface area contributed by atoms with Crippen LogP contribution in [0.25, 0.3) is 33.3 Å². The molecule has 4 nitrogen and oxygen atoms in total. The predicted octanol–water partition coefficient (Wildman–Crippen LogP) is 8.05. The third kappa shape index (κ3) is 5.80. The molecule has 0 saturated heterocycles. The maximum Gasteiger partial charge on any atom is 3.00 e. The van der Waals surface area contributed by atoms with Gasteiger partial charge in [-0.25, -0.2) is 22.7 Å². The van der Waals surface area contributed by atoms with Crippen LogP contribution in [0.2, 0.25) is 0 Å². The van der Waals surface area contributed by atoms with Crippen molar-refractivity contribution in [1.82, 2.24) is 4.98 Å². The van der Waals surface area contributed by atoms with Crippen LogP contribution in [0.3, 0.4) is 0 Å². The Kier molecular flexibility index (Phi) is 9.55. The minimum absolute atomic E-state index is 0. The van der Waals surface area contributed by atoms with Crippen molar-refractivity contribution in [3.63, 3.8) is 0 Å². The summed E-state index contributed by atoms with van der Waals surface area (Å²) in [6.45, 7) is 2.57. The van der Waals surface area contributed by atoms with Crippen LogP contribution in [0.5, 0.6) is 5.75 Å². The number of anilines is 3. The molecular formula is C36H24IrN3OY-2. The van der Waals surface area contributed by atoms with Crippen LogP contribution < -0.4 is 14.5 Å². The van der Waals surface area contributed by atoms with E-state index in [0.29, 0.717) is 6.61 Å². The molecule has 0 N–H and O–H groups in total. The fourth-order valence-corrected chi connectivity index (χ4v) is 5.15. The Bertz CT molecular complexity index is 1810. The molecule has 0 unspecified atom stereocenters. The molecule has 8 rings (SSSR count). The van der Waals surface area contributed by atoms with E-state index in [1.54, 1.807) is 0 Å². The topological polar surface area (TPSA) is 28.6 Å². The van der Waals surface area contributed by atoms with E-state index in [-0.39, 0.29) is 52.8 Å². The first-order chi connectivity index (χ1) is 19.8. The summed E-state index contributed by atoms with van der Waals surface area (Å²) in [6.07, 6.45) is 0. The van der Waals surface area contributed by atoms with E-state index in [9.17, 15) is 0 Å². The quantitative estimate of drug-likeness (QED) is 0.166. The molecule has 5 aromatic carbocycles. The Hall–Kier alpha value is -3.34. The summed E-state index contributed by atoms with van der Waals surface area (Å²) in [6, 6.07) is 49.3. The molecule has 6 heteroatoms. The number of fused-ring (bicyclic) bond motifs is 5. The van der Waals surface area contributed by atoms with Crippen molar-refractivity contribution in [3.05, 3.63) is 146 Å². The van der Waals surface area contributed by atoms with Crippen LogP contribution >= 0.6 is 0 Å². The fraction of sp³-hybridized carbons (Fsp3) is 0.0556. The normalized spacial score (nSPS) is 12.4. The van der Waals surface area contributed by atoms with E-state index in [0.717, 1.165) is 50.3 Å². The second-order valence-corrected chi connectivity index (χ2v) is 9.59. The van der Waals surface area contributed by atoms with Gasteiger partial charge in [-0.3, -0.25) is 12.1 Å². The molecule has 6 aromatic rings. The van der Waals surface area contributed by atoms with E-state index in [4.69, 9.17) is 9.72 Å². The van der Waals surface area contributed by atoms with E-state index < -0.39 is 0 Å². The Morgan fingerprint density at radius 2 is 1.50 bits per heavy atom. The van der Waals surface area contributed by atoms with Crippen molar-refractivity contribution in [2.75, 3.05) is 16.8 Å². The van der Waals surface area contributed by atoms with Crippen molar-refractivity contribution in [3.8, 4) is 28.1 Å². The van der Waals surface area contributed by atoms with Crippen molar-refractivity contribution in [2.24, 2.45) is 0 Å². The van der Waals surface area contributed by atoms with Gasteiger partial charge in [0.2, 0.25) is 0 Å². The molecule has 0 atom stereocenters. The van der Waals surface area contributed by atoms with Gasteiger partial charge in [-0.2, -0.15) is 54.7 Å². The van der Waals surface area contributed by atoms with Crippen LogP contribution in [0.15, 0.2) is 109 Å². The first kappa shape index (κ1) is 30.1. The maximum atomic E-state index is 6.00. The van der Waals surface area contributed by atoms with Crippen molar-refractivity contribution in [1.29, 1.82) is 0 Å². The molecule has 203 valence electrons. The molecule has 1 radical (unpaired) electrons. The van der Waals surface area contributed by atoms with Crippen LogP contribution in [-0.2, 0) is 59.4 Å². The number of hydrogen-bond donors (Lipinski definition) is 0. The molecule has 2 aliphatic rings. The van der Waals surface area contributed by atoms with E-state index in [2.05, 4.69) is 84.2 Å². The average Bonchev–Trinajstić information content (AvgIpc) is 3.37. The number of pyridine rings is 1. The van der Waals surface area contributed by atoms with Gasteiger partial charge in [0.15, 0.2) is 0 Å². The van der Waals surface area contributed by atoms with Gasteiger partial charge in [-0.15, -0.1) is 11.8 Å². The SMILES string of the molecule is CN1[CH-]N(c2[c-]cccc2)c2ccccc21.[Ir+3].[Y].[c-]1ccccc1-c1[c-]c[c-]c2c1COc1cc3ccccc3nc1-2. The van der Waals surface area contributed by atoms with Gasteiger partial charge in [-0.1, -0.05) is 30.3 Å². The first-order valence-corrected chi connectivity index (χ1v) is 13.1. The summed E-state index contributed by atoms with van der Waals surface area (Å²) in [5.74, 6) is 0.812. The largest absolute Gasteiger partial charge is 3.00 e. The molecule has 0 amide bonds. The Morgan fingerprint density at radius 3 is 2.29 bits per heavy atom. The summed E-state index contributed by atoms with van der Waals surface area (Å²) in [4.78, 5) is 9.08. The van der Waals surface area contributed by atoms with Gasteiger partial charge < -0.3 is 31.7 Å². The zero-order valence-corrected chi connectivity index (χ0v) is 28.1. The van der Waals surface area contributed by atoms with Gasteiger partial charge in [0.25, 0.3) is 0 Å². The monoisotopic (exact) mass is 796 g/mol. The van der Waals surface area contributed by atoms with Gasteiger partial charge in [0, 0.05) is 56.1 Å². The van der Waals surface area contributed by atoms with Gasteiger partial charge in [-0.05, 0) is 31.3 Å². The predicted molar refractivity (Wildman–Crippen MR) is 160 cm³/mol. The average molecular weight is 796 g/mol. The second-order valence-electron chi connectivity index (χ2n) is 9.59. The zero-order chi connectivity index (χ0) is 26.9. The number of aromatic nitrogens is 1. The van der Waals surface area contributed by atoms with Crippen LogP contribution in [0.4, 0.5) is 17.1 Å². The van der Waals surface area contributed by atoms with E-state index in [1.165, 1.54) is 11.4 Å². The Morgan fingerprint density at radius 1 is 0.786 bits per heavy atom. The molecule has 0 saturated carbocycles. The second kappa shape index (κ2) is 13.3. The van der Waals surface area contributed by atoms with Crippen molar-refractivity contribution in [2.45, 2.75) is 6.61 Å². The standard InChI is InChI=1S/C22H12NO.C14H12N2.Ir.Y/c1-2-7-15(8-3-1)17-10-6-11-18-19(17)14-24-21-13-16-9-4-5-12-20(16)23-22(18)21;1-15-11-16(12-7-3-2-4-8-12)14-10-6-5-9-13(14)15;;/h1-7,9,12-13H,14H2;2-7,9-11H,1H3;;/q-3;-2;+3;. The maximum absolute atomic E-state index is 6.00. The minimum Gasteiger partial charge on any atom is -0.505 e. The molecular weight excluding hydrogens is 772 g/mol. The third-order valence-corrected chi connectivity index (χ3v) is 7.07. The Labute approximate surface area is 285 Å². The summed E-state index contributed by atoms with van der Waals surface area (Å²) in [5.41, 5.74) is 9.37. The number of rotatable bonds is 2. The van der Waals surface area contributed by atoms with Crippen molar-refractivity contribution < 1.29 is 57.6 Å². The van der Waals surface area contributed by atoms with E-state index >= 15 is 0 Å². The van der Waals surface area contributed by atoms with Crippen LogP contribution in [-0.4, -0.2) is 12.0 Å². The van der Waals surface area contributed by atoms with Gasteiger partial charge in [0.05, 0.1) is 11.2 Å². The molecule has 1 aromatic heterocycles. The smallest absolute Gasteiger partial charge is 0.505 e. The molecule has 0 aliphatic carbocycles. The third-order valence-electron chi connectivity index (χ3n) is 7.07. The summed E-state index contributed by atoms with van der Waals surface area (Å²) in [5, 5.41) is 1.08. The minimum atomic E-state index is 0. The summed E-state index contributed by atoms with van der Waals surface area (Å²) >= 11 is 0. The zero-order valence-electron chi connectivity index (χ0n) is 22.8. The van der Waals surface area contributed by atoms with E-state index in [1.807, 2.05) is 72.8 Å². The van der Waals surface area contributed by atoms with Crippen LogP contribution in [0.1, 0.15) is 5.56 Å². The molecule has 3 heterocycles. The van der Waals surface area contributed by atoms with Gasteiger partial charge in [0.1, 0.15) is 5.75 Å². The molecule has 0 fully saturated rings. The number of ether oxygens (including phenoxy) is 1. The molecule has 0 spiro atoms. The first-order valence-electron chi connectivity index (χ1n) is 13.1. The number of para-hydroxylation sites is 4. The van der Waals surface area contributed by atoms with Crippen molar-refractivity contribution >= 4 is 28.0 Å². The number of nitrogens with zero attached hydrogens (tertiary/aromatic N) is 3. The number of hydrogen-bond acceptors (Lipinski definition) is 4. The fourth-order valence-electron chi connectivity index (χ4n) is 5.15. The molecule has 42 heavy (non-hydrogen) atoms.